The average Bonchev–Trinajstić information content (AvgIpc) is 2.51. The predicted molar refractivity (Wildman–Crippen MR) is 101 cm³/mol. The Labute approximate surface area is 156 Å². The van der Waals surface area contributed by atoms with Gasteiger partial charge in [0, 0.05) is 18.6 Å². The van der Waals surface area contributed by atoms with E-state index in [2.05, 4.69) is 10.0 Å². The third-order valence-corrected chi connectivity index (χ3v) is 6.10. The van der Waals surface area contributed by atoms with Crippen molar-refractivity contribution in [2.45, 2.75) is 50.0 Å². The van der Waals surface area contributed by atoms with Gasteiger partial charge in [-0.25, -0.2) is 13.1 Å². The van der Waals surface area contributed by atoms with E-state index in [1.54, 1.807) is 24.3 Å². The first-order valence-electron chi connectivity index (χ1n) is 8.35. The van der Waals surface area contributed by atoms with Gasteiger partial charge in [0.05, 0.1) is 10.8 Å². The van der Waals surface area contributed by atoms with Crippen molar-refractivity contribution in [2.75, 3.05) is 13.1 Å². The molecule has 2 rings (SSSR count). The Morgan fingerprint density at radius 3 is 2.48 bits per heavy atom. The first-order chi connectivity index (χ1) is 11.2. The molecule has 6 nitrogen and oxygen atoms in total. The molecule has 0 heterocycles. The molecule has 0 aliphatic heterocycles. The number of rotatable bonds is 6. The molecule has 8 heteroatoms. The summed E-state index contributed by atoms with van der Waals surface area (Å²) in [6.07, 6.45) is 3.68. The minimum Gasteiger partial charge on any atom is -0.354 e. The Kier molecular flexibility index (Phi) is 7.87. The van der Waals surface area contributed by atoms with E-state index in [1.807, 2.05) is 13.8 Å². The maximum atomic E-state index is 12.3. The van der Waals surface area contributed by atoms with Crippen LogP contribution in [0, 0.1) is 12.8 Å². The lowest BCUT2D eigenvalue weighted by Gasteiger charge is -2.37. The Morgan fingerprint density at radius 2 is 1.88 bits per heavy atom. The van der Waals surface area contributed by atoms with Gasteiger partial charge in [0.15, 0.2) is 0 Å². The zero-order chi connectivity index (χ0) is 17.8. The van der Waals surface area contributed by atoms with Crippen molar-refractivity contribution in [1.29, 1.82) is 0 Å². The fourth-order valence-corrected chi connectivity index (χ4v) is 4.12. The van der Waals surface area contributed by atoms with Gasteiger partial charge >= 0.3 is 0 Å². The number of carbonyl (C=O) groups excluding carboxylic acids is 1. The molecular formula is C17H28ClN3O3S. The van der Waals surface area contributed by atoms with Crippen LogP contribution in [0.2, 0.25) is 0 Å². The molecule has 1 amide bonds. The van der Waals surface area contributed by atoms with Crippen molar-refractivity contribution < 1.29 is 13.2 Å². The largest absolute Gasteiger partial charge is 0.354 e. The van der Waals surface area contributed by atoms with Crippen LogP contribution in [0.25, 0.3) is 0 Å². The van der Waals surface area contributed by atoms with Crippen LogP contribution in [0.4, 0.5) is 0 Å². The number of hydrogen-bond donors (Lipinski definition) is 3. The lowest BCUT2D eigenvalue weighted by atomic mass is 9.74. The van der Waals surface area contributed by atoms with Crippen LogP contribution in [0.5, 0.6) is 0 Å². The predicted octanol–water partition coefficient (Wildman–Crippen LogP) is 1.72. The molecule has 1 saturated carbocycles. The fraction of sp³-hybridized carbons (Fsp3) is 0.588. The van der Waals surface area contributed by atoms with Gasteiger partial charge in [-0.15, -0.1) is 12.4 Å². The van der Waals surface area contributed by atoms with E-state index in [-0.39, 0.29) is 42.2 Å². The topological polar surface area (TPSA) is 101 Å². The molecule has 1 aliphatic carbocycles. The van der Waals surface area contributed by atoms with Gasteiger partial charge in [-0.2, -0.15) is 0 Å². The summed E-state index contributed by atoms with van der Waals surface area (Å²) in [5, 5.41) is 2.80. The van der Waals surface area contributed by atoms with E-state index >= 15 is 0 Å². The molecule has 4 N–H and O–H groups in total. The second-order valence-corrected chi connectivity index (χ2v) is 8.57. The molecular weight excluding hydrogens is 362 g/mol. The van der Waals surface area contributed by atoms with Crippen molar-refractivity contribution in [3.8, 4) is 0 Å². The summed E-state index contributed by atoms with van der Waals surface area (Å²) in [6, 6.07) is 6.64. The molecule has 2 unspecified atom stereocenters. The van der Waals surface area contributed by atoms with Gasteiger partial charge in [0.25, 0.3) is 0 Å². The van der Waals surface area contributed by atoms with E-state index in [4.69, 9.17) is 5.73 Å². The third kappa shape index (κ3) is 5.95. The maximum absolute atomic E-state index is 12.3. The first-order valence-corrected chi connectivity index (χ1v) is 9.84. The summed E-state index contributed by atoms with van der Waals surface area (Å²) < 4.78 is 26.8. The lowest BCUT2D eigenvalue weighted by molar-refractivity contribution is -0.128. The highest BCUT2D eigenvalue weighted by Gasteiger charge is 2.37. The molecule has 25 heavy (non-hydrogen) atoms. The average molecular weight is 390 g/mol. The van der Waals surface area contributed by atoms with Gasteiger partial charge in [-0.1, -0.05) is 30.5 Å². The molecule has 2 atom stereocenters. The summed E-state index contributed by atoms with van der Waals surface area (Å²) in [5.74, 6) is -0.297. The van der Waals surface area contributed by atoms with Gasteiger partial charge < -0.3 is 11.1 Å². The molecule has 0 spiro atoms. The van der Waals surface area contributed by atoms with E-state index < -0.39 is 15.6 Å². The molecule has 0 bridgehead atoms. The second kappa shape index (κ2) is 8.98. The van der Waals surface area contributed by atoms with E-state index in [9.17, 15) is 13.2 Å². The quantitative estimate of drug-likeness (QED) is 0.644. The molecule has 142 valence electrons. The number of halogens is 1. The van der Waals surface area contributed by atoms with Gasteiger partial charge in [-0.3, -0.25) is 4.79 Å². The van der Waals surface area contributed by atoms with Crippen LogP contribution >= 0.6 is 12.4 Å². The maximum Gasteiger partial charge on any atom is 0.240 e. The summed E-state index contributed by atoms with van der Waals surface area (Å²) in [4.78, 5) is 12.5. The highest BCUT2D eigenvalue weighted by molar-refractivity contribution is 7.89. The normalized spacial score (nSPS) is 23.6. The Balaban J connectivity index is 0.00000312. The first kappa shape index (κ1) is 21.9. The summed E-state index contributed by atoms with van der Waals surface area (Å²) in [7, 11) is -3.55. The molecule has 1 aliphatic rings. The van der Waals surface area contributed by atoms with Crippen molar-refractivity contribution in [1.82, 2.24) is 10.0 Å². The Hall–Kier alpha value is -1.15. The molecule has 1 fully saturated rings. The Morgan fingerprint density at radius 1 is 1.24 bits per heavy atom. The molecule has 0 aromatic heterocycles. The summed E-state index contributed by atoms with van der Waals surface area (Å²) >= 11 is 0. The number of nitrogens with two attached hydrogens (primary N) is 1. The van der Waals surface area contributed by atoms with Crippen LogP contribution in [-0.2, 0) is 14.8 Å². The van der Waals surface area contributed by atoms with E-state index in [0.717, 1.165) is 31.2 Å². The summed E-state index contributed by atoms with van der Waals surface area (Å²) in [6.45, 7) is 4.21. The van der Waals surface area contributed by atoms with Crippen molar-refractivity contribution in [3.05, 3.63) is 29.8 Å². The highest BCUT2D eigenvalue weighted by atomic mass is 35.5. The van der Waals surface area contributed by atoms with Crippen molar-refractivity contribution >= 4 is 28.3 Å². The van der Waals surface area contributed by atoms with Gasteiger partial charge in [0.2, 0.25) is 15.9 Å². The zero-order valence-corrected chi connectivity index (χ0v) is 16.4. The number of benzene rings is 1. The summed E-state index contributed by atoms with van der Waals surface area (Å²) in [5.41, 5.74) is 6.73. The standard InChI is InChI=1S/C17H27N3O3S.ClH/c1-13-6-8-14(9-7-13)24(22,23)20-12-11-19-16(21)15-5-3-4-10-17(15,2)18;/h6-9,15,20H,3-5,10-12,18H2,1-2H3,(H,19,21);1H. The fourth-order valence-electron chi connectivity index (χ4n) is 3.08. The van der Waals surface area contributed by atoms with E-state index in [1.165, 1.54) is 0 Å². The van der Waals surface area contributed by atoms with Crippen LogP contribution in [0.3, 0.4) is 0 Å². The Bertz CT molecular complexity index is 675. The van der Waals surface area contributed by atoms with Gasteiger partial charge in [-0.05, 0) is 38.8 Å². The lowest BCUT2D eigenvalue weighted by Crippen LogP contribution is -2.53. The molecule has 0 saturated heterocycles. The molecule has 1 aromatic rings. The SMILES string of the molecule is Cc1ccc(S(=O)(=O)NCCNC(=O)C2CCCCC2(C)N)cc1.Cl. The van der Waals surface area contributed by atoms with Crippen molar-refractivity contribution in [3.63, 3.8) is 0 Å². The van der Waals surface area contributed by atoms with Crippen molar-refractivity contribution in [2.24, 2.45) is 11.7 Å². The third-order valence-electron chi connectivity index (χ3n) is 4.62. The van der Waals surface area contributed by atoms with Crippen LogP contribution in [0.15, 0.2) is 29.2 Å². The zero-order valence-electron chi connectivity index (χ0n) is 14.7. The number of nitrogens with one attached hydrogen (secondary N) is 2. The molecule has 1 aromatic carbocycles. The highest BCUT2D eigenvalue weighted by Crippen LogP contribution is 2.31. The van der Waals surface area contributed by atoms with Gasteiger partial charge in [0.1, 0.15) is 0 Å². The number of hydrogen-bond acceptors (Lipinski definition) is 4. The minimum atomic E-state index is -3.55. The number of sulfonamides is 1. The van der Waals surface area contributed by atoms with E-state index in [0.29, 0.717) is 0 Å². The number of carbonyl (C=O) groups is 1. The minimum absolute atomic E-state index is 0. The number of aryl methyl sites for hydroxylation is 1. The van der Waals surface area contributed by atoms with Crippen LogP contribution in [0.1, 0.15) is 38.2 Å². The number of amides is 1. The van der Waals surface area contributed by atoms with Crippen LogP contribution < -0.4 is 15.8 Å². The molecule has 0 radical (unpaired) electrons. The smallest absolute Gasteiger partial charge is 0.240 e. The monoisotopic (exact) mass is 389 g/mol. The second-order valence-electron chi connectivity index (χ2n) is 6.81. The van der Waals surface area contributed by atoms with Crippen LogP contribution in [-0.4, -0.2) is 33.0 Å².